The average Bonchev–Trinajstić information content (AvgIpc) is 2.37. The first-order valence-corrected chi connectivity index (χ1v) is 4.62. The van der Waals surface area contributed by atoms with E-state index >= 15 is 0 Å². The molecule has 0 bridgehead atoms. The zero-order valence-corrected chi connectivity index (χ0v) is 8.57. The van der Waals surface area contributed by atoms with Crippen molar-refractivity contribution in [1.29, 1.82) is 0 Å². The highest BCUT2D eigenvalue weighted by Gasteiger charge is 2.30. The average molecular weight is 260 g/mol. The molecule has 2 rings (SSSR count). The van der Waals surface area contributed by atoms with Crippen LogP contribution in [0.3, 0.4) is 0 Å². The van der Waals surface area contributed by atoms with Crippen molar-refractivity contribution in [3.05, 3.63) is 27.2 Å². The number of fused-ring (bicyclic) bond motifs is 1. The summed E-state index contributed by atoms with van der Waals surface area (Å²) < 4.78 is 0.609. The van der Waals surface area contributed by atoms with Crippen molar-refractivity contribution in [3.63, 3.8) is 0 Å². The fourth-order valence-electron chi connectivity index (χ4n) is 1.17. The Hall–Kier alpha value is -0.870. The van der Waals surface area contributed by atoms with Crippen molar-refractivity contribution in [1.82, 2.24) is 0 Å². The number of carbonyl (C=O) groups excluding carboxylic acids is 2. The number of nitrogens with one attached hydrogen (secondary N) is 1. The van der Waals surface area contributed by atoms with E-state index in [1.54, 1.807) is 12.1 Å². The van der Waals surface area contributed by atoms with E-state index in [1.807, 2.05) is 0 Å². The second-order valence-corrected chi connectivity index (χ2v) is 3.80. The quantitative estimate of drug-likeness (QED) is 0.727. The van der Waals surface area contributed by atoms with Crippen LogP contribution < -0.4 is 5.32 Å². The maximum absolute atomic E-state index is 11.3. The summed E-state index contributed by atoms with van der Waals surface area (Å²) in [5.41, 5.74) is 0.726. The van der Waals surface area contributed by atoms with Crippen LogP contribution in [0, 0.1) is 0 Å². The predicted molar refractivity (Wildman–Crippen MR) is 52.1 cm³/mol. The van der Waals surface area contributed by atoms with Gasteiger partial charge in [-0.15, -0.1) is 0 Å². The smallest absolute Gasteiger partial charge is 0.296 e. The van der Waals surface area contributed by atoms with E-state index in [-0.39, 0.29) is 10.6 Å². The highest BCUT2D eigenvalue weighted by atomic mass is 79.9. The predicted octanol–water partition coefficient (Wildman–Crippen LogP) is 2.24. The van der Waals surface area contributed by atoms with Gasteiger partial charge in [-0.2, -0.15) is 0 Å². The number of hydrogen-bond acceptors (Lipinski definition) is 2. The van der Waals surface area contributed by atoms with Crippen molar-refractivity contribution >= 4 is 44.9 Å². The van der Waals surface area contributed by atoms with Gasteiger partial charge in [0, 0.05) is 4.47 Å². The fourth-order valence-corrected chi connectivity index (χ4v) is 1.75. The maximum Gasteiger partial charge on any atom is 0.296 e. The zero-order valence-electron chi connectivity index (χ0n) is 6.23. The Morgan fingerprint density at radius 1 is 1.31 bits per heavy atom. The van der Waals surface area contributed by atoms with Crippen LogP contribution in [0.1, 0.15) is 10.4 Å². The van der Waals surface area contributed by atoms with Crippen molar-refractivity contribution in [2.24, 2.45) is 0 Å². The molecule has 0 saturated heterocycles. The van der Waals surface area contributed by atoms with Gasteiger partial charge in [-0.3, -0.25) is 9.59 Å². The summed E-state index contributed by atoms with van der Waals surface area (Å²) in [6, 6.07) is 3.31. The van der Waals surface area contributed by atoms with Gasteiger partial charge in [-0.05, 0) is 28.1 Å². The van der Waals surface area contributed by atoms with E-state index in [1.165, 1.54) is 0 Å². The Morgan fingerprint density at radius 3 is 2.69 bits per heavy atom. The van der Waals surface area contributed by atoms with Crippen LogP contribution in [0.15, 0.2) is 16.6 Å². The molecule has 3 nitrogen and oxygen atoms in total. The number of halogens is 2. The first-order chi connectivity index (χ1) is 6.11. The summed E-state index contributed by atoms with van der Waals surface area (Å²) >= 11 is 9.01. The number of carbonyl (C=O) groups is 2. The third-order valence-electron chi connectivity index (χ3n) is 1.78. The lowest BCUT2D eigenvalue weighted by atomic mass is 10.1. The van der Waals surface area contributed by atoms with Crippen LogP contribution in [0.5, 0.6) is 0 Å². The molecule has 0 aliphatic carbocycles. The molecule has 1 heterocycles. The van der Waals surface area contributed by atoms with Crippen LogP contribution >= 0.6 is 27.5 Å². The third-order valence-corrected chi connectivity index (χ3v) is 3.06. The summed E-state index contributed by atoms with van der Waals surface area (Å²) in [5.74, 6) is -1.21. The Labute approximate surface area is 87.2 Å². The van der Waals surface area contributed by atoms with Gasteiger partial charge in [0.05, 0.1) is 16.3 Å². The molecule has 0 aromatic heterocycles. The van der Waals surface area contributed by atoms with Gasteiger partial charge in [0.2, 0.25) is 0 Å². The minimum absolute atomic E-state index is 0.251. The van der Waals surface area contributed by atoms with Gasteiger partial charge in [-0.1, -0.05) is 11.6 Å². The van der Waals surface area contributed by atoms with Crippen LogP contribution in [-0.4, -0.2) is 11.7 Å². The standard InChI is InChI=1S/C8H3BrClNO2/c9-3-1-2-4-5(6(3)10)7(12)8(13)11-4/h1-2H,(H,11,12,13). The molecule has 1 N–H and O–H groups in total. The first kappa shape index (κ1) is 8.72. The zero-order chi connectivity index (χ0) is 9.59. The Balaban J connectivity index is 2.73. The van der Waals surface area contributed by atoms with Crippen LogP contribution in [0.2, 0.25) is 5.02 Å². The van der Waals surface area contributed by atoms with Gasteiger partial charge in [0.1, 0.15) is 0 Å². The summed E-state index contributed by atoms with van der Waals surface area (Å²) in [5, 5.41) is 2.70. The fraction of sp³-hybridized carbons (Fsp3) is 0. The van der Waals surface area contributed by atoms with Crippen molar-refractivity contribution in [2.75, 3.05) is 5.32 Å². The highest BCUT2D eigenvalue weighted by molar-refractivity contribution is 9.10. The molecule has 66 valence electrons. The second-order valence-electron chi connectivity index (χ2n) is 2.57. The normalized spacial score (nSPS) is 14.3. The summed E-state index contributed by atoms with van der Waals surface area (Å²) in [4.78, 5) is 22.2. The van der Waals surface area contributed by atoms with E-state index in [9.17, 15) is 9.59 Å². The van der Waals surface area contributed by atoms with Crippen LogP contribution in [-0.2, 0) is 4.79 Å². The molecule has 1 aromatic carbocycles. The lowest BCUT2D eigenvalue weighted by Crippen LogP contribution is -2.12. The minimum atomic E-state index is -0.630. The molecule has 1 aliphatic rings. The molecule has 0 atom stereocenters. The molecule has 5 heteroatoms. The van der Waals surface area contributed by atoms with Gasteiger partial charge in [0.25, 0.3) is 11.7 Å². The highest BCUT2D eigenvalue weighted by Crippen LogP contribution is 2.35. The van der Waals surface area contributed by atoms with E-state index in [0.717, 1.165) is 0 Å². The van der Waals surface area contributed by atoms with E-state index < -0.39 is 11.7 Å². The molecule has 1 aromatic rings. The molecule has 0 radical (unpaired) electrons. The lowest BCUT2D eigenvalue weighted by molar-refractivity contribution is -0.112. The number of benzene rings is 1. The largest absolute Gasteiger partial charge is 0.318 e. The second kappa shape index (κ2) is 2.82. The Bertz CT molecular complexity index is 430. The SMILES string of the molecule is O=C1Nc2ccc(Br)c(Cl)c2C1=O. The first-order valence-electron chi connectivity index (χ1n) is 3.45. The molecule has 1 aliphatic heterocycles. The number of Topliss-reactive ketones (excluding diaryl/α,β-unsaturated/α-hetero) is 1. The van der Waals surface area contributed by atoms with E-state index in [0.29, 0.717) is 10.2 Å². The molecule has 1 amide bonds. The van der Waals surface area contributed by atoms with E-state index in [4.69, 9.17) is 11.6 Å². The summed E-state index contributed by atoms with van der Waals surface area (Å²) in [7, 11) is 0. The van der Waals surface area contributed by atoms with Gasteiger partial charge >= 0.3 is 0 Å². The third kappa shape index (κ3) is 1.17. The monoisotopic (exact) mass is 259 g/mol. The molecule has 0 fully saturated rings. The van der Waals surface area contributed by atoms with Crippen molar-refractivity contribution < 1.29 is 9.59 Å². The number of anilines is 1. The number of amides is 1. The van der Waals surface area contributed by atoms with E-state index in [2.05, 4.69) is 21.2 Å². The maximum atomic E-state index is 11.3. The number of rotatable bonds is 0. The molecule has 0 unspecified atom stereocenters. The Kier molecular flexibility index (Phi) is 1.89. The van der Waals surface area contributed by atoms with Gasteiger partial charge in [-0.25, -0.2) is 0 Å². The lowest BCUT2D eigenvalue weighted by Gasteiger charge is -2.00. The molecule has 0 spiro atoms. The summed E-state index contributed by atoms with van der Waals surface area (Å²) in [6.07, 6.45) is 0. The van der Waals surface area contributed by atoms with Crippen LogP contribution in [0.4, 0.5) is 5.69 Å². The Morgan fingerprint density at radius 2 is 2.00 bits per heavy atom. The number of ketones is 1. The van der Waals surface area contributed by atoms with Gasteiger partial charge in [0.15, 0.2) is 0 Å². The molecule has 13 heavy (non-hydrogen) atoms. The topological polar surface area (TPSA) is 46.2 Å². The minimum Gasteiger partial charge on any atom is -0.318 e. The van der Waals surface area contributed by atoms with Crippen molar-refractivity contribution in [2.45, 2.75) is 0 Å². The number of hydrogen-bond donors (Lipinski definition) is 1. The molecular weight excluding hydrogens is 257 g/mol. The van der Waals surface area contributed by atoms with Crippen molar-refractivity contribution in [3.8, 4) is 0 Å². The molecule has 0 saturated carbocycles. The molecular formula is C8H3BrClNO2. The summed E-state index contributed by atoms with van der Waals surface area (Å²) in [6.45, 7) is 0. The van der Waals surface area contributed by atoms with Crippen LogP contribution in [0.25, 0.3) is 0 Å². The van der Waals surface area contributed by atoms with Gasteiger partial charge < -0.3 is 5.32 Å².